The number of hydrogen-bond donors (Lipinski definition) is 1. The Hall–Kier alpha value is -0.480. The molecule has 0 bridgehead atoms. The molecule has 1 unspecified atom stereocenters. The highest BCUT2D eigenvalue weighted by atomic mass is 32.2. The van der Waals surface area contributed by atoms with Gasteiger partial charge in [-0.3, -0.25) is 0 Å². The van der Waals surface area contributed by atoms with Crippen molar-refractivity contribution in [1.29, 1.82) is 0 Å². The zero-order valence-corrected chi connectivity index (χ0v) is 10.3. The minimum Gasteiger partial charge on any atom is -0.445 e. The van der Waals surface area contributed by atoms with Crippen molar-refractivity contribution in [2.75, 3.05) is 24.6 Å². The van der Waals surface area contributed by atoms with E-state index >= 15 is 0 Å². The number of thioether (sulfide) groups is 1. The lowest BCUT2D eigenvalue weighted by Gasteiger charge is -2.18. The van der Waals surface area contributed by atoms with Crippen molar-refractivity contribution in [3.63, 3.8) is 0 Å². The largest absolute Gasteiger partial charge is 0.445 e. The number of nitrogens with one attached hydrogen (secondary N) is 1. The molecule has 2 saturated heterocycles. The van der Waals surface area contributed by atoms with Crippen LogP contribution in [0.25, 0.3) is 0 Å². The van der Waals surface area contributed by atoms with Crippen LogP contribution in [0.2, 0.25) is 0 Å². The standard InChI is InChI=1S/C12H18N2OS/c1-4-13-7-10(1)12-14-8-11(15-12)9-2-5-16-6-3-9/h8-10,13H,1-7H2. The van der Waals surface area contributed by atoms with E-state index in [1.54, 1.807) is 0 Å². The smallest absolute Gasteiger partial charge is 0.198 e. The second kappa shape index (κ2) is 4.80. The van der Waals surface area contributed by atoms with Crippen LogP contribution in [0.5, 0.6) is 0 Å². The first kappa shape index (κ1) is 10.7. The van der Waals surface area contributed by atoms with Crippen LogP contribution in [0.3, 0.4) is 0 Å². The first-order valence-electron chi connectivity index (χ1n) is 6.17. The van der Waals surface area contributed by atoms with Gasteiger partial charge in [-0.15, -0.1) is 0 Å². The van der Waals surface area contributed by atoms with Crippen LogP contribution in [-0.4, -0.2) is 29.6 Å². The fourth-order valence-electron chi connectivity index (χ4n) is 2.53. The minimum absolute atomic E-state index is 0.506. The Kier molecular flexibility index (Phi) is 3.20. The van der Waals surface area contributed by atoms with Gasteiger partial charge in [0.25, 0.3) is 0 Å². The minimum atomic E-state index is 0.506. The highest BCUT2D eigenvalue weighted by Gasteiger charge is 2.24. The molecular weight excluding hydrogens is 220 g/mol. The molecule has 16 heavy (non-hydrogen) atoms. The van der Waals surface area contributed by atoms with E-state index in [9.17, 15) is 0 Å². The van der Waals surface area contributed by atoms with E-state index in [4.69, 9.17) is 4.42 Å². The highest BCUT2D eigenvalue weighted by Crippen LogP contribution is 2.33. The molecule has 88 valence electrons. The van der Waals surface area contributed by atoms with Gasteiger partial charge in [-0.05, 0) is 37.3 Å². The van der Waals surface area contributed by atoms with Crippen LogP contribution in [0.15, 0.2) is 10.6 Å². The van der Waals surface area contributed by atoms with Crippen LogP contribution in [0.1, 0.15) is 42.7 Å². The van der Waals surface area contributed by atoms with Gasteiger partial charge in [0.2, 0.25) is 0 Å². The Balaban J connectivity index is 1.71. The summed E-state index contributed by atoms with van der Waals surface area (Å²) in [6.07, 6.45) is 5.64. The van der Waals surface area contributed by atoms with Crippen molar-refractivity contribution in [1.82, 2.24) is 10.3 Å². The van der Waals surface area contributed by atoms with E-state index in [1.807, 2.05) is 6.20 Å². The maximum absolute atomic E-state index is 5.95. The molecule has 2 fully saturated rings. The van der Waals surface area contributed by atoms with Gasteiger partial charge in [0.15, 0.2) is 5.89 Å². The van der Waals surface area contributed by atoms with E-state index in [0.29, 0.717) is 11.8 Å². The fourth-order valence-corrected chi connectivity index (χ4v) is 3.63. The van der Waals surface area contributed by atoms with Crippen molar-refractivity contribution < 1.29 is 4.42 Å². The zero-order valence-electron chi connectivity index (χ0n) is 9.45. The Morgan fingerprint density at radius 1 is 1.25 bits per heavy atom. The number of aromatic nitrogens is 1. The monoisotopic (exact) mass is 238 g/mol. The lowest BCUT2D eigenvalue weighted by Crippen LogP contribution is -2.08. The Bertz CT molecular complexity index is 341. The molecule has 3 nitrogen and oxygen atoms in total. The molecule has 0 saturated carbocycles. The van der Waals surface area contributed by atoms with Gasteiger partial charge in [0, 0.05) is 18.4 Å². The zero-order chi connectivity index (χ0) is 10.8. The third-order valence-electron chi connectivity index (χ3n) is 3.57. The molecule has 2 aliphatic rings. The van der Waals surface area contributed by atoms with Gasteiger partial charge in [0.1, 0.15) is 5.76 Å². The molecule has 0 spiro atoms. The number of nitrogens with zero attached hydrogens (tertiary/aromatic N) is 1. The SMILES string of the molecule is c1nc(C2CCNC2)oc1C1CCSCC1. The average molecular weight is 238 g/mol. The van der Waals surface area contributed by atoms with E-state index in [1.165, 1.54) is 30.8 Å². The molecule has 0 aliphatic carbocycles. The molecule has 1 aromatic heterocycles. The topological polar surface area (TPSA) is 38.1 Å². The molecule has 3 heterocycles. The lowest BCUT2D eigenvalue weighted by molar-refractivity contribution is 0.393. The van der Waals surface area contributed by atoms with Gasteiger partial charge in [0.05, 0.1) is 6.20 Å². The summed E-state index contributed by atoms with van der Waals surface area (Å²) in [6.45, 7) is 2.13. The molecule has 0 radical (unpaired) electrons. The molecule has 3 rings (SSSR count). The average Bonchev–Trinajstić information content (AvgIpc) is 3.01. The molecule has 1 N–H and O–H groups in total. The predicted molar refractivity (Wildman–Crippen MR) is 66.0 cm³/mol. The molecule has 4 heteroatoms. The van der Waals surface area contributed by atoms with Gasteiger partial charge < -0.3 is 9.73 Å². The van der Waals surface area contributed by atoms with Crippen LogP contribution in [0.4, 0.5) is 0 Å². The summed E-state index contributed by atoms with van der Waals surface area (Å²) in [6, 6.07) is 0. The summed E-state index contributed by atoms with van der Waals surface area (Å²) in [5, 5.41) is 3.36. The third-order valence-corrected chi connectivity index (χ3v) is 4.62. The van der Waals surface area contributed by atoms with Gasteiger partial charge in [-0.2, -0.15) is 11.8 Å². The predicted octanol–water partition coefficient (Wildman–Crippen LogP) is 2.36. The third kappa shape index (κ3) is 2.13. The summed E-state index contributed by atoms with van der Waals surface area (Å²) >= 11 is 2.05. The summed E-state index contributed by atoms with van der Waals surface area (Å²) in [5.74, 6) is 5.75. The van der Waals surface area contributed by atoms with Crippen LogP contribution < -0.4 is 5.32 Å². The van der Waals surface area contributed by atoms with Crippen molar-refractivity contribution in [2.24, 2.45) is 0 Å². The van der Waals surface area contributed by atoms with Crippen molar-refractivity contribution >= 4 is 11.8 Å². The van der Waals surface area contributed by atoms with Crippen LogP contribution >= 0.6 is 11.8 Å². The second-order valence-electron chi connectivity index (χ2n) is 4.68. The molecule has 2 aliphatic heterocycles. The van der Waals surface area contributed by atoms with E-state index in [0.717, 1.165) is 24.7 Å². The summed E-state index contributed by atoms with van der Waals surface area (Å²) < 4.78 is 5.95. The van der Waals surface area contributed by atoms with Gasteiger partial charge >= 0.3 is 0 Å². The van der Waals surface area contributed by atoms with Crippen molar-refractivity contribution in [2.45, 2.75) is 31.1 Å². The van der Waals surface area contributed by atoms with E-state index in [-0.39, 0.29) is 0 Å². The Morgan fingerprint density at radius 2 is 2.12 bits per heavy atom. The first-order chi connectivity index (χ1) is 7.93. The van der Waals surface area contributed by atoms with Gasteiger partial charge in [-0.1, -0.05) is 0 Å². The van der Waals surface area contributed by atoms with E-state index < -0.39 is 0 Å². The molecule has 1 aromatic rings. The number of oxazole rings is 1. The maximum Gasteiger partial charge on any atom is 0.198 e. The quantitative estimate of drug-likeness (QED) is 0.858. The van der Waals surface area contributed by atoms with Crippen LogP contribution in [0, 0.1) is 0 Å². The van der Waals surface area contributed by atoms with E-state index in [2.05, 4.69) is 22.1 Å². The van der Waals surface area contributed by atoms with Crippen LogP contribution in [-0.2, 0) is 0 Å². The number of rotatable bonds is 2. The molecular formula is C12H18N2OS. The maximum atomic E-state index is 5.95. The Labute approximate surface area is 100 Å². The lowest BCUT2D eigenvalue weighted by atomic mass is 10.0. The first-order valence-corrected chi connectivity index (χ1v) is 7.33. The Morgan fingerprint density at radius 3 is 2.88 bits per heavy atom. The number of hydrogen-bond acceptors (Lipinski definition) is 4. The molecule has 0 amide bonds. The second-order valence-corrected chi connectivity index (χ2v) is 5.90. The normalized spacial score (nSPS) is 27.4. The summed E-state index contributed by atoms with van der Waals surface area (Å²) in [7, 11) is 0. The molecule has 0 aromatic carbocycles. The van der Waals surface area contributed by atoms with Gasteiger partial charge in [-0.25, -0.2) is 4.98 Å². The van der Waals surface area contributed by atoms with Crippen molar-refractivity contribution in [3.05, 3.63) is 17.8 Å². The summed E-state index contributed by atoms with van der Waals surface area (Å²) in [4.78, 5) is 4.46. The van der Waals surface area contributed by atoms with Crippen molar-refractivity contribution in [3.8, 4) is 0 Å². The fraction of sp³-hybridized carbons (Fsp3) is 0.750. The highest BCUT2D eigenvalue weighted by molar-refractivity contribution is 7.99. The summed E-state index contributed by atoms with van der Waals surface area (Å²) in [5.41, 5.74) is 0. The molecule has 1 atom stereocenters.